The molecule has 0 atom stereocenters. The van der Waals surface area contributed by atoms with Crippen LogP contribution in [0.15, 0.2) is 0 Å². The summed E-state index contributed by atoms with van der Waals surface area (Å²) >= 11 is 1.95. The van der Waals surface area contributed by atoms with Gasteiger partial charge >= 0.3 is 0 Å². The van der Waals surface area contributed by atoms with Crippen LogP contribution in [0.25, 0.3) is 0 Å². The molecular weight excluding hydrogens is 146 g/mol. The van der Waals surface area contributed by atoms with Crippen molar-refractivity contribution < 1.29 is 8.63 Å². The van der Waals surface area contributed by atoms with Crippen LogP contribution in [-0.4, -0.2) is 43.0 Å². The minimum Gasteiger partial charge on any atom is -0.370 e. The van der Waals surface area contributed by atoms with Gasteiger partial charge in [-0.25, -0.2) is 0 Å². The zero-order valence-electron chi connectivity index (χ0n) is 6.80. The molecule has 0 N–H and O–H groups in total. The Bertz CT molecular complexity index is 95.8. The van der Waals surface area contributed by atoms with E-state index in [1.165, 1.54) is 23.5 Å². The lowest BCUT2D eigenvalue weighted by Gasteiger charge is -2.36. The Morgan fingerprint density at radius 1 is 1.40 bits per heavy atom. The lowest BCUT2D eigenvalue weighted by molar-refractivity contribution is -0.803. The van der Waals surface area contributed by atoms with Gasteiger partial charge in [-0.15, -0.1) is 0 Å². The lowest BCUT2D eigenvalue weighted by atomic mass is 10.4. The van der Waals surface area contributed by atoms with Crippen LogP contribution in [0, 0.1) is 0 Å². The van der Waals surface area contributed by atoms with Crippen molar-refractivity contribution in [1.82, 2.24) is 0 Å². The van der Waals surface area contributed by atoms with Crippen molar-refractivity contribution in [2.24, 2.45) is 0 Å². The number of nitrogens with zero attached hydrogens (tertiary/aromatic N) is 1. The van der Waals surface area contributed by atoms with Crippen LogP contribution in [0.4, 0.5) is 0 Å². The number of hydrogen-bond acceptors (Lipinski definition) is 2. The molecule has 0 bridgehead atoms. The fourth-order valence-electron chi connectivity index (χ4n) is 1.30. The Balaban J connectivity index is 2.44. The van der Waals surface area contributed by atoms with Crippen molar-refractivity contribution in [2.45, 2.75) is 6.92 Å². The van der Waals surface area contributed by atoms with Crippen molar-refractivity contribution in [1.29, 1.82) is 0 Å². The first-order valence-corrected chi connectivity index (χ1v) is 5.01. The topological polar surface area (TPSA) is 9.23 Å². The summed E-state index contributed by atoms with van der Waals surface area (Å²) in [6.45, 7) is 7.71. The number of ether oxygens (including phenoxy) is 1. The lowest BCUT2D eigenvalue weighted by Crippen LogP contribution is -2.49. The zero-order chi connectivity index (χ0) is 7.45. The van der Waals surface area contributed by atoms with Gasteiger partial charge in [0.05, 0.1) is 31.7 Å². The molecule has 1 aliphatic rings. The summed E-state index contributed by atoms with van der Waals surface area (Å²) in [6, 6.07) is 0. The Hall–Kier alpha value is 0.270. The van der Waals surface area contributed by atoms with Crippen molar-refractivity contribution in [3.63, 3.8) is 0 Å². The molecule has 3 heteroatoms. The van der Waals surface area contributed by atoms with Crippen LogP contribution in [0.3, 0.4) is 0 Å². The van der Waals surface area contributed by atoms with Gasteiger partial charge in [0.15, 0.2) is 0 Å². The third-order valence-electron chi connectivity index (χ3n) is 2.25. The van der Waals surface area contributed by atoms with Crippen LogP contribution in [-0.2, 0) is 4.74 Å². The van der Waals surface area contributed by atoms with Crippen LogP contribution in [0.5, 0.6) is 0 Å². The molecule has 0 aromatic rings. The third kappa shape index (κ3) is 1.65. The van der Waals surface area contributed by atoms with Crippen molar-refractivity contribution in [2.75, 3.05) is 39.1 Å². The van der Waals surface area contributed by atoms with E-state index in [0.29, 0.717) is 0 Å². The Labute approximate surface area is 67.3 Å². The van der Waals surface area contributed by atoms with Gasteiger partial charge in [0.25, 0.3) is 0 Å². The second-order valence-corrected chi connectivity index (χ2v) is 3.76. The first-order chi connectivity index (χ1) is 4.83. The first kappa shape index (κ1) is 8.37. The highest BCUT2D eigenvalue weighted by molar-refractivity contribution is 7.93. The van der Waals surface area contributed by atoms with Crippen LogP contribution in [0.2, 0.25) is 0 Å². The highest BCUT2D eigenvalue weighted by atomic mass is 32.2. The van der Waals surface area contributed by atoms with Gasteiger partial charge in [-0.05, 0) is 6.92 Å². The summed E-state index contributed by atoms with van der Waals surface area (Å²) in [5, 5.41) is 0. The molecule has 1 rings (SSSR count). The van der Waals surface area contributed by atoms with Gasteiger partial charge in [0.1, 0.15) is 13.1 Å². The highest BCUT2D eigenvalue weighted by Crippen LogP contribution is 2.21. The van der Waals surface area contributed by atoms with Crippen molar-refractivity contribution in [3.8, 4) is 0 Å². The Kier molecular flexibility index (Phi) is 3.01. The summed E-state index contributed by atoms with van der Waals surface area (Å²) in [5.74, 6) is 0. The summed E-state index contributed by atoms with van der Waals surface area (Å²) < 4.78 is 6.48. The molecule has 0 amide bonds. The van der Waals surface area contributed by atoms with Crippen LogP contribution < -0.4 is 0 Å². The molecule has 1 saturated heterocycles. The second kappa shape index (κ2) is 3.60. The van der Waals surface area contributed by atoms with E-state index < -0.39 is 0 Å². The standard InChI is InChI=1S/C7H16NOS/c1-3-8(10-2)4-6-9-7-5-8/h3-7H2,1-2H3/q+1. The summed E-state index contributed by atoms with van der Waals surface area (Å²) in [4.78, 5) is 0. The molecule has 0 aliphatic carbocycles. The van der Waals surface area contributed by atoms with Gasteiger partial charge in [-0.3, -0.25) is 3.89 Å². The van der Waals surface area contributed by atoms with E-state index in [1.54, 1.807) is 0 Å². The van der Waals surface area contributed by atoms with E-state index in [4.69, 9.17) is 4.74 Å². The SMILES string of the molecule is CC[N+]1(SC)CCOCC1. The van der Waals surface area contributed by atoms with Gasteiger partial charge in [-0.1, -0.05) is 0 Å². The molecule has 0 saturated carbocycles. The smallest absolute Gasteiger partial charge is 0.113 e. The van der Waals surface area contributed by atoms with Crippen LogP contribution in [0.1, 0.15) is 6.92 Å². The summed E-state index contributed by atoms with van der Waals surface area (Å²) in [7, 11) is 0. The predicted octanol–water partition coefficient (Wildman–Crippen LogP) is 1.13. The van der Waals surface area contributed by atoms with Gasteiger partial charge in [-0.2, -0.15) is 0 Å². The second-order valence-electron chi connectivity index (χ2n) is 2.62. The van der Waals surface area contributed by atoms with Crippen LogP contribution >= 0.6 is 11.9 Å². The molecule has 0 aromatic heterocycles. The third-order valence-corrected chi connectivity index (χ3v) is 3.65. The molecule has 10 heavy (non-hydrogen) atoms. The predicted molar refractivity (Wildman–Crippen MR) is 44.9 cm³/mol. The normalized spacial score (nSPS) is 24.6. The molecular formula is C7H16NOS+. The number of rotatable bonds is 2. The maximum Gasteiger partial charge on any atom is 0.113 e. The van der Waals surface area contributed by atoms with Gasteiger partial charge in [0.2, 0.25) is 0 Å². The molecule has 1 heterocycles. The minimum atomic E-state index is 0.939. The molecule has 0 unspecified atom stereocenters. The van der Waals surface area contributed by atoms with E-state index in [2.05, 4.69) is 13.2 Å². The molecule has 0 spiro atoms. The average Bonchev–Trinajstić information content (AvgIpc) is 2.06. The Morgan fingerprint density at radius 3 is 2.30 bits per heavy atom. The fourth-order valence-corrected chi connectivity index (χ4v) is 2.08. The largest absolute Gasteiger partial charge is 0.370 e. The summed E-state index contributed by atoms with van der Waals surface area (Å²) in [5.41, 5.74) is 0. The molecule has 0 radical (unpaired) electrons. The van der Waals surface area contributed by atoms with Crippen molar-refractivity contribution >= 4 is 11.9 Å². The molecule has 60 valence electrons. The maximum absolute atomic E-state index is 5.30. The quantitative estimate of drug-likeness (QED) is 0.445. The summed E-state index contributed by atoms with van der Waals surface area (Å²) in [6.07, 6.45) is 2.19. The monoisotopic (exact) mass is 162 g/mol. The average molecular weight is 162 g/mol. The maximum atomic E-state index is 5.30. The highest BCUT2D eigenvalue weighted by Gasteiger charge is 2.27. The molecule has 0 aromatic carbocycles. The number of hydrogen-bond donors (Lipinski definition) is 0. The van der Waals surface area contributed by atoms with E-state index in [9.17, 15) is 0 Å². The molecule has 1 fully saturated rings. The Morgan fingerprint density at radius 2 is 2.00 bits per heavy atom. The zero-order valence-corrected chi connectivity index (χ0v) is 7.62. The number of likely N-dealkylation sites (N-methyl/N-ethyl adjacent to an activating group) is 1. The van der Waals surface area contributed by atoms with Crippen molar-refractivity contribution in [3.05, 3.63) is 0 Å². The molecule has 1 aliphatic heterocycles. The van der Waals surface area contributed by atoms with E-state index in [0.717, 1.165) is 13.2 Å². The number of quaternary nitrogens is 1. The van der Waals surface area contributed by atoms with E-state index >= 15 is 0 Å². The van der Waals surface area contributed by atoms with Gasteiger partial charge in [0, 0.05) is 6.26 Å². The number of morpholine rings is 1. The van der Waals surface area contributed by atoms with Gasteiger partial charge < -0.3 is 4.74 Å². The van der Waals surface area contributed by atoms with E-state index in [-0.39, 0.29) is 0 Å². The van der Waals surface area contributed by atoms with E-state index in [1.807, 2.05) is 11.9 Å². The molecule has 2 nitrogen and oxygen atoms in total. The fraction of sp³-hybridized carbons (Fsp3) is 1.00. The minimum absolute atomic E-state index is 0.939. The first-order valence-electron chi connectivity index (χ1n) is 3.82.